The number of methoxy groups -OCH3 is 1. The van der Waals surface area contributed by atoms with Gasteiger partial charge in [0.1, 0.15) is 11.4 Å². The molecule has 11 nitrogen and oxygen atoms in total. The number of benzene rings is 2. The Bertz CT molecular complexity index is 1630. The van der Waals surface area contributed by atoms with Crippen LogP contribution in [0.1, 0.15) is 43.7 Å². The number of nitrogens with zero attached hydrogens (tertiary/aromatic N) is 6. The van der Waals surface area contributed by atoms with Gasteiger partial charge >= 0.3 is 12.1 Å². The standard InChI is InChI=1S/C30H36N6O5/c1-8-40-28(37)25-21-16-20(35-11-13-36(14-12-35)29(38)41-30(3,4)5)9-10-23(21)31-27(32-25)22-15-19-17-34(6)33-24(19)18(2)26(22)39-7/h9-10,15-17H,8,11-14H2,1-7H3. The van der Waals surface area contributed by atoms with Crippen molar-refractivity contribution < 1.29 is 23.8 Å². The van der Waals surface area contributed by atoms with Gasteiger partial charge in [-0.15, -0.1) is 0 Å². The lowest BCUT2D eigenvalue weighted by Crippen LogP contribution is -2.50. The first-order valence-electron chi connectivity index (χ1n) is 13.7. The second kappa shape index (κ2) is 10.9. The summed E-state index contributed by atoms with van der Waals surface area (Å²) in [6, 6.07) is 7.72. The number of rotatable bonds is 5. The van der Waals surface area contributed by atoms with Gasteiger partial charge in [0, 0.05) is 61.4 Å². The molecule has 0 radical (unpaired) electrons. The first-order chi connectivity index (χ1) is 19.5. The zero-order valence-corrected chi connectivity index (χ0v) is 24.6. The summed E-state index contributed by atoms with van der Waals surface area (Å²) in [5.41, 5.74) is 3.53. The van der Waals surface area contributed by atoms with E-state index in [4.69, 9.17) is 24.2 Å². The van der Waals surface area contributed by atoms with Crippen molar-refractivity contribution >= 4 is 39.6 Å². The number of aromatic nitrogens is 4. The molecule has 5 rings (SSSR count). The number of carbonyl (C=O) groups is 2. The molecular formula is C30H36N6O5. The fraction of sp³-hybridized carbons (Fsp3) is 0.433. The van der Waals surface area contributed by atoms with Gasteiger partial charge in [-0.05, 0) is 58.9 Å². The Morgan fingerprint density at radius 2 is 1.78 bits per heavy atom. The molecule has 41 heavy (non-hydrogen) atoms. The largest absolute Gasteiger partial charge is 0.496 e. The van der Waals surface area contributed by atoms with E-state index in [-0.39, 0.29) is 18.4 Å². The third-order valence-electron chi connectivity index (χ3n) is 6.99. The molecule has 3 heterocycles. The van der Waals surface area contributed by atoms with Crippen LogP contribution in [0.5, 0.6) is 5.75 Å². The third-order valence-corrected chi connectivity index (χ3v) is 6.99. The van der Waals surface area contributed by atoms with Crippen LogP contribution in [0, 0.1) is 6.92 Å². The third kappa shape index (κ3) is 5.61. The normalized spacial score (nSPS) is 14.0. The van der Waals surface area contributed by atoms with Crippen LogP contribution in [0.2, 0.25) is 0 Å². The Labute approximate surface area is 239 Å². The van der Waals surface area contributed by atoms with Crippen molar-refractivity contribution in [1.29, 1.82) is 0 Å². The quantitative estimate of drug-likeness (QED) is 0.320. The van der Waals surface area contributed by atoms with Gasteiger partial charge in [0.2, 0.25) is 0 Å². The van der Waals surface area contributed by atoms with E-state index in [1.165, 1.54) is 0 Å². The first kappa shape index (κ1) is 28.1. The summed E-state index contributed by atoms with van der Waals surface area (Å²) >= 11 is 0. The van der Waals surface area contributed by atoms with Crippen LogP contribution < -0.4 is 9.64 Å². The highest BCUT2D eigenvalue weighted by Crippen LogP contribution is 2.37. The van der Waals surface area contributed by atoms with Gasteiger partial charge in [-0.25, -0.2) is 19.6 Å². The Hall–Kier alpha value is -4.41. The first-order valence-corrected chi connectivity index (χ1v) is 13.7. The molecule has 1 aliphatic heterocycles. The predicted molar refractivity (Wildman–Crippen MR) is 157 cm³/mol. The van der Waals surface area contributed by atoms with E-state index in [0.29, 0.717) is 54.2 Å². The lowest BCUT2D eigenvalue weighted by atomic mass is 10.0. The maximum absolute atomic E-state index is 13.2. The number of anilines is 1. The van der Waals surface area contributed by atoms with E-state index in [9.17, 15) is 9.59 Å². The number of hydrogen-bond acceptors (Lipinski definition) is 9. The molecule has 1 aliphatic rings. The summed E-state index contributed by atoms with van der Waals surface area (Å²) < 4.78 is 18.4. The molecule has 2 aromatic heterocycles. The average molecular weight is 561 g/mol. The molecule has 1 saturated heterocycles. The Morgan fingerprint density at radius 1 is 1.05 bits per heavy atom. The van der Waals surface area contributed by atoms with Crippen molar-refractivity contribution in [3.8, 4) is 17.1 Å². The van der Waals surface area contributed by atoms with Gasteiger partial charge < -0.3 is 24.0 Å². The molecule has 0 saturated carbocycles. The fourth-order valence-electron chi connectivity index (χ4n) is 5.13. The van der Waals surface area contributed by atoms with Crippen molar-refractivity contribution in [1.82, 2.24) is 24.6 Å². The molecular weight excluding hydrogens is 524 g/mol. The van der Waals surface area contributed by atoms with E-state index in [1.54, 1.807) is 23.6 Å². The average Bonchev–Trinajstić information content (AvgIpc) is 3.32. The van der Waals surface area contributed by atoms with E-state index in [1.807, 2.05) is 65.2 Å². The molecule has 216 valence electrons. The molecule has 0 bridgehead atoms. The molecule has 1 amide bonds. The fourth-order valence-corrected chi connectivity index (χ4v) is 5.13. The van der Waals surface area contributed by atoms with Crippen LogP contribution in [-0.2, 0) is 16.5 Å². The summed E-state index contributed by atoms with van der Waals surface area (Å²) in [6.45, 7) is 11.8. The lowest BCUT2D eigenvalue weighted by Gasteiger charge is -2.36. The minimum Gasteiger partial charge on any atom is -0.496 e. The van der Waals surface area contributed by atoms with E-state index in [2.05, 4.69) is 10.00 Å². The number of fused-ring (bicyclic) bond motifs is 2. The van der Waals surface area contributed by atoms with Crippen LogP contribution in [-0.4, -0.2) is 82.2 Å². The zero-order valence-electron chi connectivity index (χ0n) is 24.6. The van der Waals surface area contributed by atoms with Crippen molar-refractivity contribution in [3.05, 3.63) is 41.7 Å². The Balaban J connectivity index is 1.52. The Kier molecular flexibility index (Phi) is 7.46. The van der Waals surface area contributed by atoms with Crippen LogP contribution in [0.25, 0.3) is 33.2 Å². The summed E-state index contributed by atoms with van der Waals surface area (Å²) in [4.78, 5) is 39.1. The van der Waals surface area contributed by atoms with Gasteiger partial charge in [0.05, 0.1) is 30.3 Å². The van der Waals surface area contributed by atoms with Gasteiger partial charge in [-0.2, -0.15) is 5.10 Å². The predicted octanol–water partition coefficient (Wildman–Crippen LogP) is 4.73. The maximum Gasteiger partial charge on any atom is 0.410 e. The van der Waals surface area contributed by atoms with Crippen LogP contribution in [0.4, 0.5) is 10.5 Å². The van der Waals surface area contributed by atoms with Gasteiger partial charge in [-0.1, -0.05) is 0 Å². The molecule has 0 N–H and O–H groups in total. The van der Waals surface area contributed by atoms with Crippen molar-refractivity contribution in [2.45, 2.75) is 40.2 Å². The summed E-state index contributed by atoms with van der Waals surface area (Å²) in [6.07, 6.45) is 1.62. The number of hydrogen-bond donors (Lipinski definition) is 0. The number of carbonyl (C=O) groups excluding carboxylic acids is 2. The van der Waals surface area contributed by atoms with E-state index >= 15 is 0 Å². The zero-order chi connectivity index (χ0) is 29.5. The number of piperazine rings is 1. The van der Waals surface area contributed by atoms with Gasteiger partial charge in [0.25, 0.3) is 0 Å². The summed E-state index contributed by atoms with van der Waals surface area (Å²) in [5, 5.41) is 6.06. The van der Waals surface area contributed by atoms with E-state index < -0.39 is 11.6 Å². The molecule has 11 heteroatoms. The highest BCUT2D eigenvalue weighted by atomic mass is 16.6. The van der Waals surface area contributed by atoms with Crippen molar-refractivity contribution in [2.24, 2.45) is 7.05 Å². The molecule has 2 aromatic carbocycles. The van der Waals surface area contributed by atoms with Crippen LogP contribution >= 0.6 is 0 Å². The van der Waals surface area contributed by atoms with Gasteiger partial charge in [0.15, 0.2) is 11.5 Å². The molecule has 0 aliphatic carbocycles. The lowest BCUT2D eigenvalue weighted by molar-refractivity contribution is 0.0240. The smallest absolute Gasteiger partial charge is 0.410 e. The van der Waals surface area contributed by atoms with Crippen molar-refractivity contribution in [2.75, 3.05) is 44.8 Å². The van der Waals surface area contributed by atoms with E-state index in [0.717, 1.165) is 22.2 Å². The van der Waals surface area contributed by atoms with Crippen molar-refractivity contribution in [3.63, 3.8) is 0 Å². The Morgan fingerprint density at radius 3 is 2.44 bits per heavy atom. The highest BCUT2D eigenvalue weighted by Gasteiger charge is 2.27. The number of ether oxygens (including phenoxy) is 3. The second-order valence-electron chi connectivity index (χ2n) is 11.1. The second-order valence-corrected chi connectivity index (χ2v) is 11.1. The SMILES string of the molecule is CCOC(=O)c1nc(-c2cc3cn(C)nc3c(C)c2OC)nc2ccc(N3CCN(C(=O)OC(C)(C)C)CC3)cc12. The van der Waals surface area contributed by atoms with Gasteiger partial charge in [-0.3, -0.25) is 4.68 Å². The topological polar surface area (TPSA) is 112 Å². The monoisotopic (exact) mass is 560 g/mol. The molecule has 0 unspecified atom stereocenters. The molecule has 0 spiro atoms. The maximum atomic E-state index is 13.2. The molecule has 4 aromatic rings. The minimum atomic E-state index is -0.540. The van der Waals surface area contributed by atoms with Crippen LogP contribution in [0.15, 0.2) is 30.5 Å². The van der Waals surface area contributed by atoms with Crippen LogP contribution in [0.3, 0.4) is 0 Å². The highest BCUT2D eigenvalue weighted by molar-refractivity contribution is 6.03. The summed E-state index contributed by atoms with van der Waals surface area (Å²) in [7, 11) is 3.47. The number of aryl methyl sites for hydroxylation is 2. The summed E-state index contributed by atoms with van der Waals surface area (Å²) in [5.74, 6) is 0.445. The number of esters is 1. The molecule has 1 fully saturated rings. The number of amides is 1. The minimum absolute atomic E-state index is 0.187. The molecule has 0 atom stereocenters.